The Morgan fingerprint density at radius 3 is 2.53 bits per heavy atom. The first-order valence-corrected chi connectivity index (χ1v) is 5.45. The number of aromatic nitrogens is 1. The van der Waals surface area contributed by atoms with Crippen molar-refractivity contribution in [2.75, 3.05) is 0 Å². The molecule has 4 heteroatoms. The number of nitrogens with zero attached hydrogens (tertiary/aromatic N) is 1. The van der Waals surface area contributed by atoms with Crippen molar-refractivity contribution in [1.29, 1.82) is 0 Å². The zero-order valence-corrected chi connectivity index (χ0v) is 10.1. The SMILES string of the molecule is Cc1cc2ccn(CC(C)(C)O)c2c(F)c1F. The average Bonchev–Trinajstić information content (AvgIpc) is 2.55. The molecule has 0 unspecified atom stereocenters. The van der Waals surface area contributed by atoms with Crippen molar-refractivity contribution in [3.8, 4) is 0 Å². The summed E-state index contributed by atoms with van der Waals surface area (Å²) in [6.45, 7) is 5.00. The van der Waals surface area contributed by atoms with E-state index in [0.717, 1.165) is 0 Å². The molecule has 1 aromatic heterocycles. The fourth-order valence-electron chi connectivity index (χ4n) is 1.98. The van der Waals surface area contributed by atoms with Gasteiger partial charge in [-0.3, -0.25) is 0 Å². The second kappa shape index (κ2) is 3.81. The van der Waals surface area contributed by atoms with E-state index in [1.807, 2.05) is 0 Å². The van der Waals surface area contributed by atoms with Crippen LogP contribution in [0.15, 0.2) is 18.3 Å². The predicted molar refractivity (Wildman–Crippen MR) is 62.9 cm³/mol. The summed E-state index contributed by atoms with van der Waals surface area (Å²) in [5.74, 6) is -1.68. The summed E-state index contributed by atoms with van der Waals surface area (Å²) < 4.78 is 28.9. The van der Waals surface area contributed by atoms with Crippen LogP contribution in [-0.4, -0.2) is 15.3 Å². The van der Waals surface area contributed by atoms with Crippen LogP contribution in [0.3, 0.4) is 0 Å². The van der Waals surface area contributed by atoms with Crippen molar-refractivity contribution < 1.29 is 13.9 Å². The first kappa shape index (κ1) is 12.0. The van der Waals surface area contributed by atoms with Crippen LogP contribution in [0.4, 0.5) is 8.78 Å². The molecule has 0 aliphatic carbocycles. The lowest BCUT2D eigenvalue weighted by Gasteiger charge is -2.19. The molecule has 0 saturated heterocycles. The van der Waals surface area contributed by atoms with Crippen LogP contribution in [0.2, 0.25) is 0 Å². The van der Waals surface area contributed by atoms with Gasteiger partial charge in [-0.1, -0.05) is 0 Å². The first-order chi connectivity index (χ1) is 7.79. The van der Waals surface area contributed by atoms with Crippen LogP contribution in [0, 0.1) is 18.6 Å². The van der Waals surface area contributed by atoms with Crippen molar-refractivity contribution in [3.63, 3.8) is 0 Å². The third-order valence-corrected chi connectivity index (χ3v) is 2.67. The van der Waals surface area contributed by atoms with Crippen molar-refractivity contribution in [3.05, 3.63) is 35.5 Å². The number of hydrogen-bond acceptors (Lipinski definition) is 1. The molecule has 0 radical (unpaired) electrons. The Bertz CT molecular complexity index is 567. The molecule has 0 aliphatic rings. The Morgan fingerprint density at radius 1 is 1.29 bits per heavy atom. The summed E-state index contributed by atoms with van der Waals surface area (Å²) in [6, 6.07) is 3.32. The van der Waals surface area contributed by atoms with E-state index in [4.69, 9.17) is 0 Å². The van der Waals surface area contributed by atoms with E-state index < -0.39 is 17.2 Å². The second-order valence-electron chi connectivity index (χ2n) is 5.02. The molecule has 0 aliphatic heterocycles. The lowest BCUT2D eigenvalue weighted by molar-refractivity contribution is 0.0627. The van der Waals surface area contributed by atoms with Crippen molar-refractivity contribution in [2.45, 2.75) is 32.9 Å². The third kappa shape index (κ3) is 2.17. The van der Waals surface area contributed by atoms with Crippen LogP contribution in [-0.2, 0) is 6.54 Å². The van der Waals surface area contributed by atoms with Crippen LogP contribution >= 0.6 is 0 Å². The third-order valence-electron chi connectivity index (χ3n) is 2.67. The Balaban J connectivity index is 2.64. The normalized spacial score (nSPS) is 12.4. The molecule has 0 amide bonds. The summed E-state index contributed by atoms with van der Waals surface area (Å²) in [4.78, 5) is 0. The number of fused-ring (bicyclic) bond motifs is 1. The minimum Gasteiger partial charge on any atom is -0.389 e. The predicted octanol–water partition coefficient (Wildman–Crippen LogP) is 3.00. The molecule has 0 spiro atoms. The molecule has 2 aromatic rings. The molecule has 2 rings (SSSR count). The van der Waals surface area contributed by atoms with Crippen molar-refractivity contribution >= 4 is 10.9 Å². The number of aliphatic hydroxyl groups is 1. The topological polar surface area (TPSA) is 25.2 Å². The van der Waals surface area contributed by atoms with E-state index in [9.17, 15) is 13.9 Å². The summed E-state index contributed by atoms with van der Waals surface area (Å²) in [5, 5.41) is 10.4. The highest BCUT2D eigenvalue weighted by atomic mass is 19.2. The van der Waals surface area contributed by atoms with Crippen molar-refractivity contribution in [2.24, 2.45) is 0 Å². The lowest BCUT2D eigenvalue weighted by Crippen LogP contribution is -2.25. The van der Waals surface area contributed by atoms with Gasteiger partial charge in [0.2, 0.25) is 0 Å². The zero-order chi connectivity index (χ0) is 12.8. The van der Waals surface area contributed by atoms with Gasteiger partial charge in [-0.25, -0.2) is 8.78 Å². The molecule has 1 heterocycles. The summed E-state index contributed by atoms with van der Waals surface area (Å²) >= 11 is 0. The molecule has 2 nitrogen and oxygen atoms in total. The van der Waals surface area contributed by atoms with E-state index >= 15 is 0 Å². The molecule has 92 valence electrons. The van der Waals surface area contributed by atoms with Crippen LogP contribution in [0.25, 0.3) is 10.9 Å². The van der Waals surface area contributed by atoms with E-state index in [0.29, 0.717) is 5.39 Å². The fraction of sp³-hybridized carbons (Fsp3) is 0.385. The molecule has 0 saturated carbocycles. The van der Waals surface area contributed by atoms with Gasteiger partial charge >= 0.3 is 0 Å². The van der Waals surface area contributed by atoms with Crippen LogP contribution in [0.1, 0.15) is 19.4 Å². The highest BCUT2D eigenvalue weighted by molar-refractivity contribution is 5.81. The smallest absolute Gasteiger partial charge is 0.183 e. The van der Waals surface area contributed by atoms with Gasteiger partial charge in [-0.15, -0.1) is 0 Å². The maximum atomic E-state index is 13.9. The van der Waals surface area contributed by atoms with Gasteiger partial charge in [0.15, 0.2) is 11.6 Å². The minimum absolute atomic E-state index is 0.204. The van der Waals surface area contributed by atoms with Gasteiger partial charge in [0, 0.05) is 11.6 Å². The Hall–Kier alpha value is -1.42. The molecule has 0 bridgehead atoms. The van der Waals surface area contributed by atoms with Crippen LogP contribution in [0.5, 0.6) is 0 Å². The fourth-order valence-corrected chi connectivity index (χ4v) is 1.98. The van der Waals surface area contributed by atoms with E-state index in [1.54, 1.807) is 32.2 Å². The molecule has 1 N–H and O–H groups in total. The van der Waals surface area contributed by atoms with Crippen molar-refractivity contribution in [1.82, 2.24) is 4.57 Å². The number of aryl methyl sites for hydroxylation is 1. The summed E-state index contributed by atoms with van der Waals surface area (Å²) in [7, 11) is 0. The molecule has 0 fully saturated rings. The molecule has 17 heavy (non-hydrogen) atoms. The molecule has 1 aromatic carbocycles. The second-order valence-corrected chi connectivity index (χ2v) is 5.02. The number of hydrogen-bond donors (Lipinski definition) is 1. The number of rotatable bonds is 2. The lowest BCUT2D eigenvalue weighted by atomic mass is 10.1. The Labute approximate surface area is 98.5 Å². The monoisotopic (exact) mass is 239 g/mol. The Morgan fingerprint density at radius 2 is 1.94 bits per heavy atom. The highest BCUT2D eigenvalue weighted by Gasteiger charge is 2.19. The van der Waals surface area contributed by atoms with Gasteiger partial charge in [0.05, 0.1) is 17.7 Å². The summed E-state index contributed by atoms with van der Waals surface area (Å²) in [6.07, 6.45) is 1.66. The van der Waals surface area contributed by atoms with E-state index in [2.05, 4.69) is 0 Å². The first-order valence-electron chi connectivity index (χ1n) is 5.45. The zero-order valence-electron chi connectivity index (χ0n) is 10.1. The van der Waals surface area contributed by atoms with E-state index in [1.165, 1.54) is 11.5 Å². The largest absolute Gasteiger partial charge is 0.389 e. The maximum Gasteiger partial charge on any atom is 0.183 e. The van der Waals surface area contributed by atoms with E-state index in [-0.39, 0.29) is 17.6 Å². The summed E-state index contributed by atoms with van der Waals surface area (Å²) in [5.41, 5.74) is -0.481. The van der Waals surface area contributed by atoms with Gasteiger partial charge in [0.25, 0.3) is 0 Å². The maximum absolute atomic E-state index is 13.9. The molecular formula is C13H15F2NO. The minimum atomic E-state index is -0.972. The van der Waals surface area contributed by atoms with Gasteiger partial charge < -0.3 is 9.67 Å². The van der Waals surface area contributed by atoms with Crippen LogP contribution < -0.4 is 0 Å². The van der Waals surface area contributed by atoms with Gasteiger partial charge in [-0.05, 0) is 38.5 Å². The number of benzene rings is 1. The number of halogens is 2. The highest BCUT2D eigenvalue weighted by Crippen LogP contribution is 2.25. The molecule has 0 atom stereocenters. The standard InChI is InChI=1S/C13H15F2NO/c1-8-6-9-4-5-16(7-13(2,3)17)12(9)11(15)10(8)14/h4-6,17H,7H2,1-3H3. The van der Waals surface area contributed by atoms with Gasteiger partial charge in [0.1, 0.15) is 0 Å². The molecular weight excluding hydrogens is 224 g/mol. The van der Waals surface area contributed by atoms with Gasteiger partial charge in [-0.2, -0.15) is 0 Å². The Kier molecular flexibility index (Phi) is 2.70. The average molecular weight is 239 g/mol. The quantitative estimate of drug-likeness (QED) is 0.856.